The number of benzene rings is 1. The highest BCUT2D eigenvalue weighted by Gasteiger charge is 2.28. The summed E-state index contributed by atoms with van der Waals surface area (Å²) in [5.74, 6) is 0.466. The van der Waals surface area contributed by atoms with Gasteiger partial charge < -0.3 is 20.3 Å². The molecule has 0 spiro atoms. The lowest BCUT2D eigenvalue weighted by molar-refractivity contribution is -0.149. The first-order valence-corrected chi connectivity index (χ1v) is 10.4. The molecule has 29 heavy (non-hydrogen) atoms. The third-order valence-electron chi connectivity index (χ3n) is 5.21. The molecule has 0 aromatic heterocycles. The van der Waals surface area contributed by atoms with Crippen molar-refractivity contribution in [3.8, 4) is 0 Å². The summed E-state index contributed by atoms with van der Waals surface area (Å²) in [6, 6.07) is 10.4. The quantitative estimate of drug-likeness (QED) is 0.416. The summed E-state index contributed by atoms with van der Waals surface area (Å²) in [4.78, 5) is 30.0. The van der Waals surface area contributed by atoms with Crippen LogP contribution >= 0.6 is 0 Å². The van der Waals surface area contributed by atoms with Crippen LogP contribution in [0, 0.1) is 5.92 Å². The van der Waals surface area contributed by atoms with E-state index < -0.39 is 0 Å². The second-order valence-electron chi connectivity index (χ2n) is 7.67. The molecule has 0 saturated heterocycles. The normalized spacial score (nSPS) is 20.5. The molecular formula is C22H34N4O3. The molecule has 7 nitrogen and oxygen atoms in total. The Morgan fingerprint density at radius 1 is 1.17 bits per heavy atom. The average molecular weight is 403 g/mol. The topological polar surface area (TPSA) is 83.0 Å². The molecule has 160 valence electrons. The minimum atomic E-state index is -0.0905. The van der Waals surface area contributed by atoms with E-state index in [9.17, 15) is 9.59 Å². The van der Waals surface area contributed by atoms with E-state index in [1.807, 2.05) is 25.1 Å². The average Bonchev–Trinajstić information content (AvgIpc) is 2.73. The fourth-order valence-electron chi connectivity index (χ4n) is 3.38. The van der Waals surface area contributed by atoms with Crippen LogP contribution in [0.2, 0.25) is 0 Å². The third-order valence-corrected chi connectivity index (χ3v) is 5.21. The van der Waals surface area contributed by atoms with Gasteiger partial charge in [0.1, 0.15) is 6.54 Å². The summed E-state index contributed by atoms with van der Waals surface area (Å²) in [6.07, 6.45) is 3.33. The number of aliphatic imine (C=N–C) groups is 1. The number of nitrogens with zero attached hydrogens (tertiary/aromatic N) is 2. The fraction of sp³-hybridized carbons (Fsp3) is 0.591. The number of esters is 1. The van der Waals surface area contributed by atoms with Gasteiger partial charge in [0.2, 0.25) is 5.91 Å². The predicted octanol–water partition coefficient (Wildman–Crippen LogP) is 2.49. The van der Waals surface area contributed by atoms with Crippen molar-refractivity contribution in [1.29, 1.82) is 0 Å². The zero-order valence-electron chi connectivity index (χ0n) is 18.0. The van der Waals surface area contributed by atoms with Crippen LogP contribution in [0.4, 0.5) is 0 Å². The van der Waals surface area contributed by atoms with Gasteiger partial charge in [0.05, 0.1) is 18.6 Å². The third kappa shape index (κ3) is 7.40. The van der Waals surface area contributed by atoms with Crippen molar-refractivity contribution in [2.45, 2.75) is 51.6 Å². The van der Waals surface area contributed by atoms with Crippen LogP contribution in [0.1, 0.15) is 51.1 Å². The van der Waals surface area contributed by atoms with E-state index in [1.165, 1.54) is 4.90 Å². The standard InChI is InChI=1S/C22H34N4O3/c1-5-29-21(28)18-11-13-19(14-12-18)25-22(23-15-20(27)26(3)4)24-16(2)17-9-7-6-8-10-17/h6-10,16,18-19H,5,11-15H2,1-4H3,(H2,23,24,25). The van der Waals surface area contributed by atoms with Crippen LogP contribution in [0.25, 0.3) is 0 Å². The summed E-state index contributed by atoms with van der Waals surface area (Å²) in [5, 5.41) is 6.86. The van der Waals surface area contributed by atoms with Crippen molar-refractivity contribution in [2.24, 2.45) is 10.9 Å². The highest BCUT2D eigenvalue weighted by molar-refractivity contribution is 5.85. The van der Waals surface area contributed by atoms with E-state index in [1.54, 1.807) is 14.1 Å². The van der Waals surface area contributed by atoms with Crippen molar-refractivity contribution >= 4 is 17.8 Å². The molecule has 1 aliphatic carbocycles. The molecule has 1 aromatic rings. The minimum absolute atomic E-state index is 0.0140. The largest absolute Gasteiger partial charge is 0.466 e. The van der Waals surface area contributed by atoms with Gasteiger partial charge in [-0.25, -0.2) is 4.99 Å². The molecule has 1 saturated carbocycles. The Hall–Kier alpha value is -2.57. The lowest BCUT2D eigenvalue weighted by Gasteiger charge is -2.30. The Morgan fingerprint density at radius 2 is 1.83 bits per heavy atom. The number of ether oxygens (including phenoxy) is 1. The van der Waals surface area contributed by atoms with E-state index in [0.717, 1.165) is 31.2 Å². The Morgan fingerprint density at radius 3 is 2.41 bits per heavy atom. The highest BCUT2D eigenvalue weighted by atomic mass is 16.5. The van der Waals surface area contributed by atoms with Crippen LogP contribution < -0.4 is 10.6 Å². The van der Waals surface area contributed by atoms with Crippen LogP contribution in [-0.2, 0) is 14.3 Å². The lowest BCUT2D eigenvalue weighted by atomic mass is 9.86. The molecule has 0 bridgehead atoms. The van der Waals surface area contributed by atoms with Crippen molar-refractivity contribution in [3.05, 3.63) is 35.9 Å². The molecule has 1 aromatic carbocycles. The summed E-state index contributed by atoms with van der Waals surface area (Å²) in [7, 11) is 3.45. The van der Waals surface area contributed by atoms with E-state index in [0.29, 0.717) is 12.6 Å². The monoisotopic (exact) mass is 402 g/mol. The summed E-state index contributed by atoms with van der Waals surface area (Å²) in [6.45, 7) is 4.41. The van der Waals surface area contributed by atoms with E-state index in [4.69, 9.17) is 4.74 Å². The van der Waals surface area contributed by atoms with Gasteiger partial charge in [-0.1, -0.05) is 30.3 Å². The number of hydrogen-bond donors (Lipinski definition) is 2. The van der Waals surface area contributed by atoms with E-state index in [-0.39, 0.29) is 36.4 Å². The van der Waals surface area contributed by atoms with Crippen molar-refractivity contribution in [2.75, 3.05) is 27.2 Å². The molecule has 1 unspecified atom stereocenters. The van der Waals surface area contributed by atoms with Gasteiger partial charge in [-0.3, -0.25) is 9.59 Å². The first-order chi connectivity index (χ1) is 13.9. The molecule has 0 heterocycles. The number of carbonyl (C=O) groups is 2. The predicted molar refractivity (Wildman–Crippen MR) is 115 cm³/mol. The van der Waals surface area contributed by atoms with Gasteiger partial charge in [-0.2, -0.15) is 0 Å². The number of rotatable bonds is 7. The molecular weight excluding hydrogens is 368 g/mol. The van der Waals surface area contributed by atoms with Gasteiger partial charge in [0, 0.05) is 20.1 Å². The molecule has 7 heteroatoms. The van der Waals surface area contributed by atoms with Gasteiger partial charge in [0.25, 0.3) is 0 Å². The molecule has 2 rings (SSSR count). The molecule has 1 fully saturated rings. The smallest absolute Gasteiger partial charge is 0.308 e. The first kappa shape index (κ1) is 22.7. The maximum atomic E-state index is 12.0. The molecule has 1 amide bonds. The van der Waals surface area contributed by atoms with Crippen LogP contribution in [0.15, 0.2) is 35.3 Å². The van der Waals surface area contributed by atoms with Crippen molar-refractivity contribution in [1.82, 2.24) is 15.5 Å². The van der Waals surface area contributed by atoms with Crippen molar-refractivity contribution < 1.29 is 14.3 Å². The van der Waals surface area contributed by atoms with E-state index in [2.05, 4.69) is 34.7 Å². The minimum Gasteiger partial charge on any atom is -0.466 e. The Labute approximate surface area is 173 Å². The summed E-state index contributed by atoms with van der Waals surface area (Å²) >= 11 is 0. The summed E-state index contributed by atoms with van der Waals surface area (Å²) in [5.41, 5.74) is 1.15. The summed E-state index contributed by atoms with van der Waals surface area (Å²) < 4.78 is 5.15. The van der Waals surface area contributed by atoms with Gasteiger partial charge >= 0.3 is 5.97 Å². The number of guanidine groups is 1. The second kappa shape index (κ2) is 11.4. The lowest BCUT2D eigenvalue weighted by Crippen LogP contribution is -2.46. The molecule has 1 aliphatic rings. The molecule has 1 atom stereocenters. The zero-order chi connectivity index (χ0) is 21.2. The molecule has 2 N–H and O–H groups in total. The highest BCUT2D eigenvalue weighted by Crippen LogP contribution is 2.25. The number of carbonyl (C=O) groups excluding carboxylic acids is 2. The SMILES string of the molecule is CCOC(=O)C1CCC(NC(=NCC(=O)N(C)C)NC(C)c2ccccc2)CC1. The second-order valence-corrected chi connectivity index (χ2v) is 7.67. The molecule has 0 aliphatic heterocycles. The maximum Gasteiger partial charge on any atom is 0.308 e. The Balaban J connectivity index is 1.99. The van der Waals surface area contributed by atoms with Crippen LogP contribution in [0.3, 0.4) is 0 Å². The molecule has 0 radical (unpaired) electrons. The Bertz CT molecular complexity index is 683. The number of hydrogen-bond acceptors (Lipinski definition) is 4. The first-order valence-electron chi connectivity index (χ1n) is 10.4. The van der Waals surface area contributed by atoms with Crippen LogP contribution in [0.5, 0.6) is 0 Å². The van der Waals surface area contributed by atoms with Gasteiger partial charge in [-0.15, -0.1) is 0 Å². The van der Waals surface area contributed by atoms with Gasteiger partial charge in [-0.05, 0) is 45.1 Å². The number of likely N-dealkylation sites (N-methyl/N-ethyl adjacent to an activating group) is 1. The number of amides is 1. The fourth-order valence-corrected chi connectivity index (χ4v) is 3.38. The zero-order valence-corrected chi connectivity index (χ0v) is 18.0. The number of nitrogens with one attached hydrogen (secondary N) is 2. The van der Waals surface area contributed by atoms with E-state index >= 15 is 0 Å². The van der Waals surface area contributed by atoms with Gasteiger partial charge in [0.15, 0.2) is 5.96 Å². The van der Waals surface area contributed by atoms with Crippen LogP contribution in [-0.4, -0.2) is 56.0 Å². The Kier molecular flexibility index (Phi) is 8.96. The maximum absolute atomic E-state index is 12.0. The van der Waals surface area contributed by atoms with Crippen molar-refractivity contribution in [3.63, 3.8) is 0 Å².